The third kappa shape index (κ3) is 2.31. The number of hydrogen-bond acceptors (Lipinski definition) is 4. The van der Waals surface area contributed by atoms with Gasteiger partial charge in [0, 0.05) is 0 Å². The molecule has 12 heavy (non-hydrogen) atoms. The maximum absolute atomic E-state index is 10.3. The van der Waals surface area contributed by atoms with E-state index in [4.69, 9.17) is 10.2 Å². The predicted molar refractivity (Wildman–Crippen MR) is 34.4 cm³/mol. The zero-order valence-corrected chi connectivity index (χ0v) is 8.18. The van der Waals surface area contributed by atoms with Gasteiger partial charge in [-0.2, -0.15) is 0 Å². The summed E-state index contributed by atoms with van der Waals surface area (Å²) in [6, 6.07) is 0. The minimum atomic E-state index is -1.49. The second-order valence-electron chi connectivity index (χ2n) is 1.80. The molecule has 1 saturated heterocycles. The number of carboxylic acid groups (broad SMARTS) is 2. The van der Waals surface area contributed by atoms with Crippen LogP contribution in [0.4, 0.5) is 0 Å². The predicted octanol–water partition coefficient (Wildman–Crippen LogP) is -2.35. The fourth-order valence-electron chi connectivity index (χ4n) is 0.577. The first-order valence-electron chi connectivity index (χ1n) is 2.60. The van der Waals surface area contributed by atoms with Gasteiger partial charge in [-0.3, -0.25) is 0 Å². The second-order valence-corrected chi connectivity index (χ2v) is 3.43. The van der Waals surface area contributed by atoms with Crippen LogP contribution in [0.15, 0.2) is 0 Å². The van der Waals surface area contributed by atoms with E-state index in [0.29, 0.717) is 0 Å². The Labute approximate surface area is 78.2 Å². The van der Waals surface area contributed by atoms with Crippen LogP contribution < -0.4 is 0 Å². The van der Waals surface area contributed by atoms with E-state index in [1.807, 2.05) is 0 Å². The molecular weight excluding hydrogens is 282 g/mol. The van der Waals surface area contributed by atoms with Crippen LogP contribution in [0.5, 0.6) is 0 Å². The number of carboxylic acids is 2. The zero-order valence-electron chi connectivity index (χ0n) is 5.63. The Hall–Kier alpha value is -0.362. The van der Waals surface area contributed by atoms with E-state index in [9.17, 15) is 9.59 Å². The van der Waals surface area contributed by atoms with Crippen LogP contribution in [0, 0.1) is 0 Å². The quantitative estimate of drug-likeness (QED) is 0.548. The third-order valence-corrected chi connectivity index (χ3v) is 2.86. The summed E-state index contributed by atoms with van der Waals surface area (Å²) in [7, 11) is 0. The van der Waals surface area contributed by atoms with Gasteiger partial charge in [-0.05, 0) is 0 Å². The summed E-state index contributed by atoms with van der Waals surface area (Å²) >= 11 is -1.49. The van der Waals surface area contributed by atoms with E-state index in [2.05, 4.69) is 6.03 Å². The first-order chi connectivity index (χ1) is 5.13. The minimum absolute atomic E-state index is 0. The van der Waals surface area contributed by atoms with Gasteiger partial charge in [-0.15, -0.1) is 0 Å². The monoisotopic (exact) mass is 287 g/mol. The molecule has 7 nitrogen and oxygen atoms in total. The molecule has 1 radical (unpaired) electrons. The average molecular weight is 288 g/mol. The normalized spacial score (nSPS) is 27.7. The summed E-state index contributed by atoms with van der Waals surface area (Å²) in [4.78, 5) is 20.5. The summed E-state index contributed by atoms with van der Waals surface area (Å²) < 4.78 is 9.27. The van der Waals surface area contributed by atoms with E-state index in [1.165, 1.54) is 0 Å². The summed E-state index contributed by atoms with van der Waals surface area (Å²) in [6.45, 7) is 0. The van der Waals surface area contributed by atoms with Crippen molar-refractivity contribution in [2.24, 2.45) is 0 Å². The second kappa shape index (κ2) is 4.61. The summed E-state index contributed by atoms with van der Waals surface area (Å²) in [5.41, 5.74) is 0. The third-order valence-electron chi connectivity index (χ3n) is 1.07. The van der Waals surface area contributed by atoms with Crippen LogP contribution in [-0.2, 0) is 15.6 Å². The molecule has 2 unspecified atom stereocenters. The average Bonchev–Trinajstić information content (AvgIpc) is 2.32. The van der Waals surface area contributed by atoms with Crippen molar-refractivity contribution in [1.82, 2.24) is 0 Å². The van der Waals surface area contributed by atoms with Crippen molar-refractivity contribution in [1.29, 1.82) is 0 Å². The first-order valence-corrected chi connectivity index (χ1v) is 4.69. The van der Waals surface area contributed by atoms with Crippen molar-refractivity contribution in [2.75, 3.05) is 0 Å². The summed E-state index contributed by atoms with van der Waals surface area (Å²) in [5, 5.41) is 16.8. The number of aliphatic carboxylic acids is 2. The molecule has 0 bridgehead atoms. The fourth-order valence-corrected chi connectivity index (χ4v) is 2.39. The molecule has 1 fully saturated rings. The first kappa shape index (κ1) is 11.6. The molecular formula is C4H6O7Sb. The van der Waals surface area contributed by atoms with Crippen LogP contribution in [0.1, 0.15) is 0 Å². The van der Waals surface area contributed by atoms with Gasteiger partial charge < -0.3 is 5.48 Å². The number of hydrogen-bond donors (Lipinski definition) is 2. The van der Waals surface area contributed by atoms with E-state index in [-0.39, 0.29) is 5.48 Å². The van der Waals surface area contributed by atoms with Gasteiger partial charge in [0.15, 0.2) is 0 Å². The molecule has 0 aromatic rings. The van der Waals surface area contributed by atoms with Crippen LogP contribution in [0.2, 0.25) is 0 Å². The van der Waals surface area contributed by atoms with Crippen LogP contribution in [0.3, 0.4) is 0 Å². The van der Waals surface area contributed by atoms with Crippen LogP contribution in [0.25, 0.3) is 0 Å². The van der Waals surface area contributed by atoms with Crippen LogP contribution in [-0.4, -0.2) is 62.3 Å². The molecule has 1 heterocycles. The molecule has 1 aliphatic heterocycles. The van der Waals surface area contributed by atoms with Crippen molar-refractivity contribution < 1.29 is 31.3 Å². The molecule has 8 heteroatoms. The standard InChI is InChI=1S/C4H4O6.H2O.Sb/c5-1(3(7)8)2(6)4(9)10;;/h1-2H,(H,7,8)(H,9,10);1H2;/q-2;;+2. The molecule has 1 aliphatic rings. The van der Waals surface area contributed by atoms with Gasteiger partial charge in [-0.1, -0.05) is 0 Å². The molecule has 0 aliphatic carbocycles. The topological polar surface area (TPSA) is 125 Å². The molecule has 4 N–H and O–H groups in total. The van der Waals surface area contributed by atoms with Crippen molar-refractivity contribution in [2.45, 2.75) is 12.2 Å². The van der Waals surface area contributed by atoms with E-state index in [1.54, 1.807) is 0 Å². The van der Waals surface area contributed by atoms with E-state index in [0.717, 1.165) is 0 Å². The molecule has 2 atom stereocenters. The van der Waals surface area contributed by atoms with Crippen LogP contribution >= 0.6 is 0 Å². The Morgan fingerprint density at radius 3 is 1.67 bits per heavy atom. The van der Waals surface area contributed by atoms with E-state index < -0.39 is 46.6 Å². The van der Waals surface area contributed by atoms with Crippen molar-refractivity contribution >= 4 is 34.4 Å². The fraction of sp³-hybridized carbons (Fsp3) is 0.500. The van der Waals surface area contributed by atoms with Gasteiger partial charge in [0.25, 0.3) is 0 Å². The van der Waals surface area contributed by atoms with E-state index >= 15 is 0 Å². The Bertz CT molecular complexity index is 172. The maximum atomic E-state index is 10.3. The van der Waals surface area contributed by atoms with Crippen molar-refractivity contribution in [3.8, 4) is 0 Å². The summed E-state index contributed by atoms with van der Waals surface area (Å²) in [5.74, 6) is -2.57. The molecule has 69 valence electrons. The summed E-state index contributed by atoms with van der Waals surface area (Å²) in [6.07, 6.45) is -2.63. The Morgan fingerprint density at radius 1 is 1.08 bits per heavy atom. The Balaban J connectivity index is 0.00000121. The number of carbonyl (C=O) groups is 2. The van der Waals surface area contributed by atoms with Crippen molar-refractivity contribution in [3.63, 3.8) is 0 Å². The van der Waals surface area contributed by atoms with Gasteiger partial charge in [0.1, 0.15) is 0 Å². The Morgan fingerprint density at radius 2 is 1.42 bits per heavy atom. The molecule has 0 saturated carbocycles. The molecule has 0 aromatic heterocycles. The van der Waals surface area contributed by atoms with Gasteiger partial charge in [0.2, 0.25) is 0 Å². The zero-order chi connectivity index (χ0) is 8.43. The molecule has 1 rings (SSSR count). The van der Waals surface area contributed by atoms with Crippen molar-refractivity contribution in [3.05, 3.63) is 0 Å². The molecule has 0 aromatic carbocycles. The van der Waals surface area contributed by atoms with Gasteiger partial charge in [0.05, 0.1) is 0 Å². The van der Waals surface area contributed by atoms with Gasteiger partial charge >= 0.3 is 72.4 Å². The number of rotatable bonds is 2. The Kier molecular flexibility index (Phi) is 4.47. The SMILES string of the molecule is O.O=C(O)C1[O][Sb][O]C1C(=O)O. The van der Waals surface area contributed by atoms with Gasteiger partial charge in [-0.25, -0.2) is 0 Å². The molecule has 0 amide bonds. The molecule has 0 spiro atoms.